The van der Waals surface area contributed by atoms with Crippen LogP contribution in [0.15, 0.2) is 6.07 Å². The number of carbonyl (C=O) groups excluding carboxylic acids is 2. The molecule has 0 saturated carbocycles. The van der Waals surface area contributed by atoms with Crippen LogP contribution in [0.5, 0.6) is 0 Å². The van der Waals surface area contributed by atoms with Gasteiger partial charge in [0.1, 0.15) is 0 Å². The molecule has 5 nitrogen and oxygen atoms in total. The fraction of sp³-hybridized carbons (Fsp3) is 0.579. The van der Waals surface area contributed by atoms with E-state index in [-0.39, 0.29) is 50.1 Å². The fourth-order valence-corrected chi connectivity index (χ4v) is 4.05. The van der Waals surface area contributed by atoms with E-state index in [1.54, 1.807) is 0 Å². The highest BCUT2D eigenvalue weighted by Crippen LogP contribution is 2.41. The quantitative estimate of drug-likeness (QED) is 0.404. The van der Waals surface area contributed by atoms with Crippen LogP contribution in [-0.4, -0.2) is 42.9 Å². The number of unbranched alkanes of at least 4 members (excludes halogenated alkanes) is 2. The van der Waals surface area contributed by atoms with Crippen LogP contribution in [0.1, 0.15) is 39.0 Å². The number of nitrogens with zero attached hydrogens (tertiary/aromatic N) is 1. The molecule has 156 valence electrons. The Morgan fingerprint density at radius 2 is 1.68 bits per heavy atom. The second-order valence-electron chi connectivity index (χ2n) is 6.94. The average Bonchev–Trinajstić information content (AvgIpc) is 2.67. The zero-order valence-corrected chi connectivity index (χ0v) is 18.8. The van der Waals surface area contributed by atoms with E-state index >= 15 is 0 Å². The number of benzene rings is 1. The molecule has 1 aromatic rings. The molecular weight excluding hydrogens is 444 g/mol. The van der Waals surface area contributed by atoms with Crippen LogP contribution in [0, 0.1) is 5.92 Å². The normalized spacial score (nSPS) is 15.5. The van der Waals surface area contributed by atoms with Crippen molar-refractivity contribution in [2.24, 2.45) is 5.92 Å². The molecule has 1 saturated heterocycles. The number of halogens is 4. The van der Waals surface area contributed by atoms with Crippen LogP contribution in [0.3, 0.4) is 0 Å². The number of amides is 2. The SMILES string of the molecule is CCCCCNC(=O)C1CCN(CC(=O)Nc2c(Cl)c(Cl)cc(Cl)c2Cl)CC1. The zero-order chi connectivity index (χ0) is 20.7. The molecule has 1 aliphatic heterocycles. The van der Waals surface area contributed by atoms with Gasteiger partial charge in [-0.2, -0.15) is 0 Å². The number of carbonyl (C=O) groups is 2. The third-order valence-electron chi connectivity index (χ3n) is 4.78. The molecule has 0 atom stereocenters. The van der Waals surface area contributed by atoms with E-state index in [0.29, 0.717) is 13.1 Å². The molecule has 0 unspecified atom stereocenters. The molecule has 0 aliphatic carbocycles. The lowest BCUT2D eigenvalue weighted by Gasteiger charge is -2.30. The Balaban J connectivity index is 1.80. The number of hydrogen-bond acceptors (Lipinski definition) is 3. The van der Waals surface area contributed by atoms with Crippen molar-refractivity contribution in [1.82, 2.24) is 10.2 Å². The van der Waals surface area contributed by atoms with Crippen LogP contribution >= 0.6 is 46.4 Å². The van der Waals surface area contributed by atoms with E-state index in [1.807, 2.05) is 4.90 Å². The molecular formula is C19H25Cl4N3O2. The van der Waals surface area contributed by atoms with Crippen molar-refractivity contribution in [3.8, 4) is 0 Å². The Morgan fingerprint density at radius 3 is 2.25 bits per heavy atom. The number of likely N-dealkylation sites (tertiary alicyclic amines) is 1. The van der Waals surface area contributed by atoms with Crippen LogP contribution in [0.4, 0.5) is 5.69 Å². The third kappa shape index (κ3) is 6.67. The van der Waals surface area contributed by atoms with E-state index in [2.05, 4.69) is 17.6 Å². The summed E-state index contributed by atoms with van der Waals surface area (Å²) in [5.74, 6) is -0.131. The smallest absolute Gasteiger partial charge is 0.238 e. The van der Waals surface area contributed by atoms with Gasteiger partial charge in [0.25, 0.3) is 0 Å². The average molecular weight is 469 g/mol. The molecule has 0 aromatic heterocycles. The molecule has 9 heteroatoms. The van der Waals surface area contributed by atoms with Crippen molar-refractivity contribution < 1.29 is 9.59 Å². The van der Waals surface area contributed by atoms with Crippen molar-refractivity contribution in [2.45, 2.75) is 39.0 Å². The van der Waals surface area contributed by atoms with Crippen molar-refractivity contribution in [3.63, 3.8) is 0 Å². The summed E-state index contributed by atoms with van der Waals surface area (Å²) < 4.78 is 0. The number of nitrogens with one attached hydrogen (secondary N) is 2. The number of rotatable bonds is 8. The molecule has 2 N–H and O–H groups in total. The number of anilines is 1. The van der Waals surface area contributed by atoms with Gasteiger partial charge in [0.2, 0.25) is 11.8 Å². The predicted octanol–water partition coefficient (Wildman–Crippen LogP) is 5.26. The highest BCUT2D eigenvalue weighted by molar-refractivity contribution is 6.50. The summed E-state index contributed by atoms with van der Waals surface area (Å²) in [5, 5.41) is 6.45. The maximum absolute atomic E-state index is 12.4. The molecule has 2 amide bonds. The number of piperidine rings is 1. The van der Waals surface area contributed by atoms with Crippen molar-refractivity contribution in [3.05, 3.63) is 26.2 Å². The van der Waals surface area contributed by atoms with Crippen molar-refractivity contribution >= 4 is 63.9 Å². The molecule has 1 aliphatic rings. The van der Waals surface area contributed by atoms with Gasteiger partial charge in [-0.25, -0.2) is 0 Å². The monoisotopic (exact) mass is 467 g/mol. The maximum atomic E-state index is 12.4. The molecule has 1 aromatic carbocycles. The molecule has 0 bridgehead atoms. The molecule has 0 spiro atoms. The van der Waals surface area contributed by atoms with Crippen LogP contribution in [0.25, 0.3) is 0 Å². The Hall–Kier alpha value is -0.720. The van der Waals surface area contributed by atoms with Crippen LogP contribution in [0.2, 0.25) is 20.1 Å². The molecule has 0 radical (unpaired) electrons. The summed E-state index contributed by atoms with van der Waals surface area (Å²) in [7, 11) is 0. The summed E-state index contributed by atoms with van der Waals surface area (Å²) in [6.07, 6.45) is 4.74. The van der Waals surface area contributed by atoms with Crippen LogP contribution < -0.4 is 10.6 Å². The lowest BCUT2D eigenvalue weighted by molar-refractivity contribution is -0.126. The Labute approximate surface area is 186 Å². The van der Waals surface area contributed by atoms with E-state index in [0.717, 1.165) is 38.6 Å². The van der Waals surface area contributed by atoms with E-state index in [9.17, 15) is 9.59 Å². The zero-order valence-electron chi connectivity index (χ0n) is 15.8. The second kappa shape index (κ2) is 11.5. The van der Waals surface area contributed by atoms with Gasteiger partial charge in [-0.05, 0) is 38.4 Å². The lowest BCUT2D eigenvalue weighted by Crippen LogP contribution is -2.43. The maximum Gasteiger partial charge on any atom is 0.238 e. The van der Waals surface area contributed by atoms with Gasteiger partial charge in [0.05, 0.1) is 32.3 Å². The molecule has 28 heavy (non-hydrogen) atoms. The molecule has 1 heterocycles. The topological polar surface area (TPSA) is 61.4 Å². The van der Waals surface area contributed by atoms with Gasteiger partial charge in [0, 0.05) is 12.5 Å². The van der Waals surface area contributed by atoms with Gasteiger partial charge in [-0.15, -0.1) is 0 Å². The minimum atomic E-state index is -0.260. The minimum Gasteiger partial charge on any atom is -0.356 e. The van der Waals surface area contributed by atoms with Crippen LogP contribution in [-0.2, 0) is 9.59 Å². The number of hydrogen-bond donors (Lipinski definition) is 2. The first kappa shape index (κ1) is 23.6. The van der Waals surface area contributed by atoms with Gasteiger partial charge >= 0.3 is 0 Å². The standard InChI is InChI=1S/C19H25Cl4N3O2/c1-2-3-4-7-24-19(28)12-5-8-26(9-6-12)11-15(27)25-18-16(22)13(20)10-14(21)17(18)23/h10,12H,2-9,11H2,1H3,(H,24,28)(H,25,27). The van der Waals surface area contributed by atoms with E-state index < -0.39 is 0 Å². The highest BCUT2D eigenvalue weighted by atomic mass is 35.5. The Morgan fingerprint density at radius 1 is 1.07 bits per heavy atom. The summed E-state index contributed by atoms with van der Waals surface area (Å²) in [5.41, 5.74) is 0.215. The lowest BCUT2D eigenvalue weighted by atomic mass is 9.96. The van der Waals surface area contributed by atoms with Crippen molar-refractivity contribution in [2.75, 3.05) is 31.5 Å². The van der Waals surface area contributed by atoms with E-state index in [4.69, 9.17) is 46.4 Å². The van der Waals surface area contributed by atoms with Crippen molar-refractivity contribution in [1.29, 1.82) is 0 Å². The first-order valence-corrected chi connectivity index (χ1v) is 11.0. The summed E-state index contributed by atoms with van der Waals surface area (Å²) in [4.78, 5) is 26.6. The van der Waals surface area contributed by atoms with Gasteiger partial charge in [0.15, 0.2) is 0 Å². The Kier molecular flexibility index (Phi) is 9.64. The fourth-order valence-electron chi connectivity index (χ4n) is 3.15. The summed E-state index contributed by atoms with van der Waals surface area (Å²) >= 11 is 24.2. The molecule has 1 fully saturated rings. The Bertz CT molecular complexity index is 681. The van der Waals surface area contributed by atoms with Gasteiger partial charge in [-0.3, -0.25) is 14.5 Å². The second-order valence-corrected chi connectivity index (χ2v) is 8.51. The first-order chi connectivity index (χ1) is 13.3. The first-order valence-electron chi connectivity index (χ1n) is 9.46. The predicted molar refractivity (Wildman–Crippen MR) is 117 cm³/mol. The van der Waals surface area contributed by atoms with Gasteiger partial charge < -0.3 is 10.6 Å². The largest absolute Gasteiger partial charge is 0.356 e. The summed E-state index contributed by atoms with van der Waals surface area (Å²) in [6, 6.07) is 1.43. The highest BCUT2D eigenvalue weighted by Gasteiger charge is 2.26. The molecule has 2 rings (SSSR count). The minimum absolute atomic E-state index is 0.0107. The van der Waals surface area contributed by atoms with Gasteiger partial charge in [-0.1, -0.05) is 66.2 Å². The van der Waals surface area contributed by atoms with E-state index in [1.165, 1.54) is 6.07 Å². The third-order valence-corrected chi connectivity index (χ3v) is 6.36. The summed E-state index contributed by atoms with van der Waals surface area (Å²) in [6.45, 7) is 4.41.